The van der Waals surface area contributed by atoms with Crippen LogP contribution in [0.25, 0.3) is 0 Å². The number of ether oxygens (including phenoxy) is 1. The van der Waals surface area contributed by atoms with Crippen LogP contribution in [0.5, 0.6) is 11.5 Å². The van der Waals surface area contributed by atoms with E-state index in [1.807, 2.05) is 6.07 Å². The van der Waals surface area contributed by atoms with Crippen molar-refractivity contribution in [3.8, 4) is 11.5 Å². The number of nitrogens with zero attached hydrogens (tertiary/aromatic N) is 1. The van der Waals surface area contributed by atoms with Gasteiger partial charge >= 0.3 is 0 Å². The number of phenolic OH excluding ortho intramolecular Hbond substituents is 1. The summed E-state index contributed by atoms with van der Waals surface area (Å²) in [4.78, 5) is 15.3. The third-order valence-electron chi connectivity index (χ3n) is 8.56. The molecule has 144 valence electrons. The highest BCUT2D eigenvalue weighted by Gasteiger charge is 2.76. The Morgan fingerprint density at radius 3 is 2.81 bits per heavy atom. The van der Waals surface area contributed by atoms with E-state index >= 15 is 0 Å². The van der Waals surface area contributed by atoms with Crippen molar-refractivity contribution >= 4 is 21.7 Å². The molecule has 27 heavy (non-hydrogen) atoms. The molecule has 4 aliphatic carbocycles. The fourth-order valence-electron chi connectivity index (χ4n) is 7.58. The Morgan fingerprint density at radius 1 is 1.30 bits per heavy atom. The minimum Gasteiger partial charge on any atom is -0.504 e. The van der Waals surface area contributed by atoms with Gasteiger partial charge in [0.15, 0.2) is 11.5 Å². The number of methoxy groups -OCH3 is 1. The highest BCUT2D eigenvalue weighted by atomic mass is 79.9. The Hall–Kier alpha value is -1.07. The van der Waals surface area contributed by atoms with Crippen LogP contribution >= 0.6 is 15.9 Å². The predicted octanol–water partition coefficient (Wildman–Crippen LogP) is 3.91. The molecule has 5 aliphatic rings. The molecule has 1 heterocycles. The maximum atomic E-state index is 12.6. The van der Waals surface area contributed by atoms with Gasteiger partial charge in [0.25, 0.3) is 0 Å². The van der Waals surface area contributed by atoms with E-state index in [0.29, 0.717) is 36.3 Å². The number of likely N-dealkylation sites (tertiary alicyclic amines) is 1. The van der Waals surface area contributed by atoms with Gasteiger partial charge in [-0.1, -0.05) is 22.4 Å². The number of hydrogen-bond donors (Lipinski definition) is 1. The molecule has 4 fully saturated rings. The van der Waals surface area contributed by atoms with Crippen LogP contribution in [0.1, 0.15) is 56.1 Å². The van der Waals surface area contributed by atoms with Crippen molar-refractivity contribution in [1.82, 2.24) is 4.90 Å². The third-order valence-corrected chi connectivity index (χ3v) is 9.19. The molecule has 1 N–H and O–H groups in total. The SMILES string of the molecule is COc1cc(Br)c2c(c1O)[C@]13CC(=O)CCC1C1N(CC4CCC4)CC21C3. The number of carbonyl (C=O) groups excluding carboxylic acids is 1. The molecule has 4 atom stereocenters. The smallest absolute Gasteiger partial charge is 0.161 e. The van der Waals surface area contributed by atoms with E-state index in [-0.39, 0.29) is 16.6 Å². The van der Waals surface area contributed by atoms with E-state index in [4.69, 9.17) is 4.74 Å². The van der Waals surface area contributed by atoms with Crippen LogP contribution < -0.4 is 4.74 Å². The molecule has 2 spiro atoms. The standard InChI is InChI=1S/C22H26BrNO3/c1-27-16-7-15(23)17-18(19(16)26)21-8-13(25)5-6-14(21)20-22(17,10-21)11-24(20)9-12-3-2-4-12/h7,12,14,20,26H,2-6,8-11H2,1H3/t14?,20?,21-,22?/m0/s1. The van der Waals surface area contributed by atoms with Gasteiger partial charge in [0.1, 0.15) is 5.78 Å². The second-order valence-electron chi connectivity index (χ2n) is 9.68. The predicted molar refractivity (Wildman–Crippen MR) is 105 cm³/mol. The van der Waals surface area contributed by atoms with Crippen molar-refractivity contribution in [1.29, 1.82) is 0 Å². The molecular formula is C22H26BrNO3. The maximum absolute atomic E-state index is 12.6. The molecule has 1 aromatic carbocycles. The fourth-order valence-corrected chi connectivity index (χ4v) is 8.38. The van der Waals surface area contributed by atoms with Gasteiger partial charge < -0.3 is 9.84 Å². The van der Waals surface area contributed by atoms with Gasteiger partial charge in [0, 0.05) is 52.8 Å². The summed E-state index contributed by atoms with van der Waals surface area (Å²) in [5.74, 6) is 2.52. The maximum Gasteiger partial charge on any atom is 0.161 e. The summed E-state index contributed by atoms with van der Waals surface area (Å²) in [6.45, 7) is 2.31. The normalized spacial score (nSPS) is 39.4. The Labute approximate surface area is 168 Å². The molecule has 6 rings (SSSR count). The van der Waals surface area contributed by atoms with E-state index in [0.717, 1.165) is 35.3 Å². The van der Waals surface area contributed by atoms with Crippen molar-refractivity contribution in [3.63, 3.8) is 0 Å². The lowest BCUT2D eigenvalue weighted by molar-refractivity contribution is -0.124. The summed E-state index contributed by atoms with van der Waals surface area (Å²) in [5, 5.41) is 11.1. The van der Waals surface area contributed by atoms with Gasteiger partial charge in [-0.2, -0.15) is 0 Å². The zero-order chi connectivity index (χ0) is 18.6. The first-order valence-electron chi connectivity index (χ1n) is 10.4. The lowest BCUT2D eigenvalue weighted by Gasteiger charge is -2.60. The Kier molecular flexibility index (Phi) is 3.30. The molecule has 1 saturated heterocycles. The van der Waals surface area contributed by atoms with Crippen LogP contribution in [-0.4, -0.2) is 42.0 Å². The molecule has 1 aromatic rings. The van der Waals surface area contributed by atoms with E-state index in [2.05, 4.69) is 20.8 Å². The molecule has 3 unspecified atom stereocenters. The van der Waals surface area contributed by atoms with Gasteiger partial charge in [0.05, 0.1) is 7.11 Å². The van der Waals surface area contributed by atoms with Crippen molar-refractivity contribution in [3.05, 3.63) is 21.7 Å². The molecule has 0 amide bonds. The molecule has 4 nitrogen and oxygen atoms in total. The Morgan fingerprint density at radius 2 is 2.11 bits per heavy atom. The van der Waals surface area contributed by atoms with Gasteiger partial charge in [-0.15, -0.1) is 0 Å². The number of fused-ring (bicyclic) bond motifs is 2. The number of rotatable bonds is 3. The molecule has 2 bridgehead atoms. The summed E-state index contributed by atoms with van der Waals surface area (Å²) in [6.07, 6.45) is 7.44. The van der Waals surface area contributed by atoms with E-state index in [1.165, 1.54) is 31.4 Å². The number of Topliss-reactive ketones (excluding diaryl/α,β-unsaturated/α-hetero) is 1. The number of aromatic hydroxyl groups is 1. The van der Waals surface area contributed by atoms with Crippen molar-refractivity contribution < 1.29 is 14.6 Å². The topological polar surface area (TPSA) is 49.8 Å². The molecule has 0 radical (unpaired) electrons. The Bertz CT molecular complexity index is 866. The monoisotopic (exact) mass is 431 g/mol. The number of halogens is 1. The fraction of sp³-hybridized carbons (Fsp3) is 0.682. The van der Waals surface area contributed by atoms with Crippen molar-refractivity contribution in [2.24, 2.45) is 11.8 Å². The van der Waals surface area contributed by atoms with Crippen LogP contribution in [0.3, 0.4) is 0 Å². The van der Waals surface area contributed by atoms with Crippen LogP contribution in [0.15, 0.2) is 10.5 Å². The lowest BCUT2D eigenvalue weighted by Crippen LogP contribution is -2.69. The van der Waals surface area contributed by atoms with Gasteiger partial charge in [-0.3, -0.25) is 9.69 Å². The quantitative estimate of drug-likeness (QED) is 0.787. The second-order valence-corrected chi connectivity index (χ2v) is 10.5. The van der Waals surface area contributed by atoms with E-state index in [1.54, 1.807) is 7.11 Å². The first-order chi connectivity index (χ1) is 13.0. The number of benzene rings is 1. The third kappa shape index (κ3) is 1.86. The molecule has 3 saturated carbocycles. The number of hydrogen-bond acceptors (Lipinski definition) is 4. The largest absolute Gasteiger partial charge is 0.504 e. The van der Waals surface area contributed by atoms with Gasteiger partial charge in [-0.05, 0) is 49.1 Å². The van der Waals surface area contributed by atoms with Crippen LogP contribution in [0.2, 0.25) is 0 Å². The summed E-state index contributed by atoms with van der Waals surface area (Å²) in [7, 11) is 1.60. The average molecular weight is 432 g/mol. The first-order valence-corrected chi connectivity index (χ1v) is 11.2. The zero-order valence-electron chi connectivity index (χ0n) is 15.8. The first kappa shape index (κ1) is 16.8. The van der Waals surface area contributed by atoms with E-state index in [9.17, 15) is 9.90 Å². The molecular weight excluding hydrogens is 406 g/mol. The van der Waals surface area contributed by atoms with Gasteiger partial charge in [0.2, 0.25) is 0 Å². The van der Waals surface area contributed by atoms with Crippen molar-refractivity contribution in [2.45, 2.75) is 61.8 Å². The second kappa shape index (κ2) is 5.29. The van der Waals surface area contributed by atoms with Crippen LogP contribution in [-0.2, 0) is 15.6 Å². The minimum absolute atomic E-state index is 0.108. The van der Waals surface area contributed by atoms with Gasteiger partial charge in [-0.25, -0.2) is 0 Å². The van der Waals surface area contributed by atoms with Crippen LogP contribution in [0, 0.1) is 11.8 Å². The number of carbonyl (C=O) groups is 1. The van der Waals surface area contributed by atoms with Crippen molar-refractivity contribution in [2.75, 3.05) is 20.2 Å². The van der Waals surface area contributed by atoms with E-state index < -0.39 is 0 Å². The Balaban J connectivity index is 1.51. The summed E-state index contributed by atoms with van der Waals surface area (Å²) in [6, 6.07) is 2.47. The summed E-state index contributed by atoms with van der Waals surface area (Å²) >= 11 is 3.80. The summed E-state index contributed by atoms with van der Waals surface area (Å²) < 4.78 is 6.51. The lowest BCUT2D eigenvalue weighted by atomic mass is 9.58. The highest BCUT2D eigenvalue weighted by Crippen LogP contribution is 2.75. The highest BCUT2D eigenvalue weighted by molar-refractivity contribution is 9.10. The number of phenols is 1. The number of ketones is 1. The molecule has 0 aromatic heterocycles. The minimum atomic E-state index is -0.190. The summed E-state index contributed by atoms with van der Waals surface area (Å²) in [5.41, 5.74) is 2.23. The zero-order valence-corrected chi connectivity index (χ0v) is 17.3. The van der Waals surface area contributed by atoms with Crippen LogP contribution in [0.4, 0.5) is 0 Å². The molecule has 5 heteroatoms. The molecule has 1 aliphatic heterocycles. The average Bonchev–Trinajstić information content (AvgIpc) is 3.00.